The number of fused-ring (bicyclic) bond motifs is 1. The smallest absolute Gasteiger partial charge is 0.338 e. The van der Waals surface area contributed by atoms with Crippen LogP contribution in [-0.4, -0.2) is 66.8 Å². The van der Waals surface area contributed by atoms with Crippen LogP contribution < -0.4 is 20.7 Å². The van der Waals surface area contributed by atoms with Crippen molar-refractivity contribution >= 4 is 40.4 Å². The zero-order valence-electron chi connectivity index (χ0n) is 24.8. The number of ketones is 1. The lowest BCUT2D eigenvalue weighted by atomic mass is 9.95. The minimum atomic E-state index is -1.14. The van der Waals surface area contributed by atoms with E-state index in [1.807, 2.05) is 19.9 Å². The van der Waals surface area contributed by atoms with Crippen molar-refractivity contribution in [3.05, 3.63) is 65.4 Å². The Kier molecular flexibility index (Phi) is 10.3. The van der Waals surface area contributed by atoms with E-state index in [0.29, 0.717) is 35.2 Å². The summed E-state index contributed by atoms with van der Waals surface area (Å²) in [6.45, 7) is 3.60. The molecule has 3 atom stereocenters. The Morgan fingerprint density at radius 3 is 2.45 bits per heavy atom. The van der Waals surface area contributed by atoms with Crippen molar-refractivity contribution in [2.45, 2.75) is 45.2 Å². The number of H-pyrrole nitrogens is 1. The minimum absolute atomic E-state index is 0.00891. The number of amides is 3. The highest BCUT2D eigenvalue weighted by atomic mass is 16.5. The summed E-state index contributed by atoms with van der Waals surface area (Å²) >= 11 is 0. The van der Waals surface area contributed by atoms with Crippen LogP contribution in [0.3, 0.4) is 0 Å². The quantitative estimate of drug-likeness (QED) is 0.216. The summed E-state index contributed by atoms with van der Waals surface area (Å²) in [4.78, 5) is 68.0. The number of carbonyl (C=O) groups excluding carboxylic acids is 5. The molecule has 0 radical (unpaired) electrons. The van der Waals surface area contributed by atoms with Gasteiger partial charge < -0.3 is 30.4 Å². The van der Waals surface area contributed by atoms with Gasteiger partial charge in [0.2, 0.25) is 11.8 Å². The number of nitrogens with one attached hydrogen (secondary N) is 4. The van der Waals surface area contributed by atoms with Crippen LogP contribution in [0, 0.1) is 23.2 Å². The summed E-state index contributed by atoms with van der Waals surface area (Å²) in [6.07, 6.45) is 0.772. The number of hydrogen-bond donors (Lipinski definition) is 4. The third-order valence-electron chi connectivity index (χ3n) is 7.40. The summed E-state index contributed by atoms with van der Waals surface area (Å²) < 4.78 is 10.6. The Morgan fingerprint density at radius 1 is 1.07 bits per heavy atom. The number of aromatic nitrogens is 1. The van der Waals surface area contributed by atoms with Crippen molar-refractivity contribution in [1.82, 2.24) is 20.9 Å². The molecule has 1 aliphatic rings. The standard InChI is InChI=1S/C32H35N5O7/c1-18(2)13-25(37-31(41)26-15-22-23(35-26)5-4-6-28(22)43-3)30(40)36-24(14-21-11-12-34-29(21)39)27(38)17-44-32(42)20-9-7-19(16-33)8-10-20/h4-10,15,18,21,24-25,35H,11-14,17H2,1-3H3,(H,34,39)(H,36,40)(H,37,41)/t21-,24-,25-/m0/s1. The Balaban J connectivity index is 1.48. The largest absolute Gasteiger partial charge is 0.496 e. The summed E-state index contributed by atoms with van der Waals surface area (Å²) in [5.74, 6) is -2.63. The molecule has 4 rings (SSSR count). The van der Waals surface area contributed by atoms with E-state index in [1.165, 1.54) is 31.4 Å². The van der Waals surface area contributed by atoms with Crippen molar-refractivity contribution in [3.8, 4) is 11.8 Å². The fourth-order valence-corrected chi connectivity index (χ4v) is 5.07. The highest BCUT2D eigenvalue weighted by Gasteiger charge is 2.34. The van der Waals surface area contributed by atoms with Gasteiger partial charge in [-0.25, -0.2) is 4.79 Å². The molecule has 0 saturated carbocycles. The average Bonchev–Trinajstić information content (AvgIpc) is 3.64. The molecule has 44 heavy (non-hydrogen) atoms. The van der Waals surface area contributed by atoms with Crippen molar-refractivity contribution < 1.29 is 33.4 Å². The average molecular weight is 602 g/mol. The van der Waals surface area contributed by atoms with Gasteiger partial charge in [-0.3, -0.25) is 19.2 Å². The van der Waals surface area contributed by atoms with Crippen LogP contribution in [0.4, 0.5) is 0 Å². The highest BCUT2D eigenvalue weighted by Crippen LogP contribution is 2.26. The first-order valence-corrected chi connectivity index (χ1v) is 14.3. The molecule has 1 saturated heterocycles. The number of carbonyl (C=O) groups is 5. The second-order valence-corrected chi connectivity index (χ2v) is 11.1. The number of nitrogens with zero attached hydrogens (tertiary/aromatic N) is 1. The van der Waals surface area contributed by atoms with Crippen LogP contribution in [0.2, 0.25) is 0 Å². The van der Waals surface area contributed by atoms with Crippen LogP contribution in [0.1, 0.15) is 59.5 Å². The molecule has 0 spiro atoms. The number of methoxy groups -OCH3 is 1. The summed E-state index contributed by atoms with van der Waals surface area (Å²) in [7, 11) is 1.53. The summed E-state index contributed by atoms with van der Waals surface area (Å²) in [5, 5.41) is 17.9. The van der Waals surface area contributed by atoms with Crippen molar-refractivity contribution in [1.29, 1.82) is 5.26 Å². The molecule has 1 aliphatic heterocycles. The molecule has 2 heterocycles. The predicted molar refractivity (Wildman–Crippen MR) is 160 cm³/mol. The van der Waals surface area contributed by atoms with E-state index in [0.717, 1.165) is 0 Å². The number of esters is 1. The van der Waals surface area contributed by atoms with E-state index in [9.17, 15) is 24.0 Å². The maximum absolute atomic E-state index is 13.6. The highest BCUT2D eigenvalue weighted by molar-refractivity contribution is 6.02. The van der Waals surface area contributed by atoms with E-state index in [-0.39, 0.29) is 35.9 Å². The van der Waals surface area contributed by atoms with Crippen LogP contribution in [0.15, 0.2) is 48.5 Å². The molecule has 2 aromatic carbocycles. The molecule has 0 unspecified atom stereocenters. The maximum Gasteiger partial charge on any atom is 0.338 e. The van der Waals surface area contributed by atoms with E-state index < -0.39 is 48.2 Å². The SMILES string of the molecule is COc1cccc2[nH]c(C(=O)N[C@@H](CC(C)C)C(=O)N[C@@H](C[C@@H]3CCNC3=O)C(=O)COC(=O)c3ccc(C#N)cc3)cc12. The molecule has 4 N–H and O–H groups in total. The number of rotatable bonds is 13. The molecule has 3 amide bonds. The van der Waals surface area contributed by atoms with Crippen molar-refractivity contribution in [3.63, 3.8) is 0 Å². The second-order valence-electron chi connectivity index (χ2n) is 11.1. The lowest BCUT2D eigenvalue weighted by molar-refractivity contribution is -0.131. The van der Waals surface area contributed by atoms with Crippen molar-refractivity contribution in [2.24, 2.45) is 11.8 Å². The van der Waals surface area contributed by atoms with Gasteiger partial charge in [-0.15, -0.1) is 0 Å². The molecule has 12 heteroatoms. The minimum Gasteiger partial charge on any atom is -0.496 e. The second kappa shape index (κ2) is 14.3. The zero-order chi connectivity index (χ0) is 31.8. The first kappa shape index (κ1) is 31.7. The van der Waals surface area contributed by atoms with E-state index >= 15 is 0 Å². The lowest BCUT2D eigenvalue weighted by Crippen LogP contribution is -2.53. The van der Waals surface area contributed by atoms with Crippen LogP contribution in [0.25, 0.3) is 10.9 Å². The van der Waals surface area contributed by atoms with Gasteiger partial charge in [0.25, 0.3) is 5.91 Å². The van der Waals surface area contributed by atoms with Gasteiger partial charge in [-0.05, 0) is 67.6 Å². The Hall–Kier alpha value is -5.18. The van der Waals surface area contributed by atoms with E-state index in [2.05, 4.69) is 20.9 Å². The monoisotopic (exact) mass is 601 g/mol. The Morgan fingerprint density at radius 2 is 1.82 bits per heavy atom. The molecule has 3 aromatic rings. The first-order chi connectivity index (χ1) is 21.1. The Labute approximate surface area is 254 Å². The normalized spacial score (nSPS) is 15.6. The number of nitriles is 1. The maximum atomic E-state index is 13.6. The number of aromatic amines is 1. The third-order valence-corrected chi connectivity index (χ3v) is 7.40. The fraction of sp³-hybridized carbons (Fsp3) is 0.375. The number of hydrogen-bond acceptors (Lipinski definition) is 8. The summed E-state index contributed by atoms with van der Waals surface area (Å²) in [6, 6.07) is 12.6. The van der Waals surface area contributed by atoms with Gasteiger partial charge in [-0.1, -0.05) is 19.9 Å². The van der Waals surface area contributed by atoms with Gasteiger partial charge >= 0.3 is 5.97 Å². The topological polar surface area (TPSA) is 179 Å². The molecular weight excluding hydrogens is 566 g/mol. The number of Topliss-reactive ketones (excluding diaryl/α,β-unsaturated/α-hetero) is 1. The zero-order valence-corrected chi connectivity index (χ0v) is 24.8. The van der Waals surface area contributed by atoms with Gasteiger partial charge in [-0.2, -0.15) is 5.26 Å². The molecule has 230 valence electrons. The lowest BCUT2D eigenvalue weighted by Gasteiger charge is -2.25. The molecule has 0 bridgehead atoms. The number of benzene rings is 2. The van der Waals surface area contributed by atoms with E-state index in [1.54, 1.807) is 24.3 Å². The fourth-order valence-electron chi connectivity index (χ4n) is 5.07. The van der Waals surface area contributed by atoms with Gasteiger partial charge in [0.15, 0.2) is 12.4 Å². The Bertz CT molecular complexity index is 1590. The summed E-state index contributed by atoms with van der Waals surface area (Å²) in [5.41, 5.74) is 1.44. The molecule has 12 nitrogen and oxygen atoms in total. The van der Waals surface area contributed by atoms with Crippen LogP contribution >= 0.6 is 0 Å². The van der Waals surface area contributed by atoms with Gasteiger partial charge in [0.1, 0.15) is 17.5 Å². The van der Waals surface area contributed by atoms with Gasteiger partial charge in [0.05, 0.1) is 30.3 Å². The molecular formula is C32H35N5O7. The third kappa shape index (κ3) is 7.80. The van der Waals surface area contributed by atoms with Crippen LogP contribution in [-0.2, 0) is 19.1 Å². The predicted octanol–water partition coefficient (Wildman–Crippen LogP) is 2.63. The molecule has 0 aliphatic carbocycles. The first-order valence-electron chi connectivity index (χ1n) is 14.3. The molecule has 1 aromatic heterocycles. The molecule has 1 fully saturated rings. The van der Waals surface area contributed by atoms with Crippen LogP contribution in [0.5, 0.6) is 5.75 Å². The van der Waals surface area contributed by atoms with Crippen molar-refractivity contribution in [2.75, 3.05) is 20.3 Å². The van der Waals surface area contributed by atoms with E-state index in [4.69, 9.17) is 14.7 Å². The number of ether oxygens (including phenoxy) is 2. The van der Waals surface area contributed by atoms with Gasteiger partial charge in [0, 0.05) is 23.4 Å².